The number of hydrogen-bond acceptors (Lipinski definition) is 3. The maximum absolute atomic E-state index is 6.24. The van der Waals surface area contributed by atoms with Crippen LogP contribution in [0.5, 0.6) is 0 Å². The Labute approximate surface area is 267 Å². The minimum absolute atomic E-state index is 0.672. The first-order valence-electron chi connectivity index (χ1n) is 14.9. The molecule has 3 heterocycles. The molecule has 5 heteroatoms. The van der Waals surface area contributed by atoms with Gasteiger partial charge in [-0.25, -0.2) is 9.97 Å². The Balaban J connectivity index is 1.30. The minimum atomic E-state index is 0.672. The molecule has 6 aromatic carbocycles. The Morgan fingerprint density at radius 2 is 1.16 bits per heavy atom. The first kappa shape index (κ1) is 25.9. The Bertz CT molecular complexity index is 2510. The van der Waals surface area contributed by atoms with Gasteiger partial charge >= 0.3 is 0 Å². The van der Waals surface area contributed by atoms with Crippen molar-refractivity contribution in [3.8, 4) is 39.6 Å². The Kier molecular flexibility index (Phi) is 5.93. The number of hydrogen-bond donors (Lipinski definition) is 0. The summed E-state index contributed by atoms with van der Waals surface area (Å²) in [5.74, 6) is 0.672. The van der Waals surface area contributed by atoms with Crippen LogP contribution in [-0.4, -0.2) is 14.5 Å². The molecule has 0 aliphatic rings. The summed E-state index contributed by atoms with van der Waals surface area (Å²) in [6.45, 7) is 0. The maximum atomic E-state index is 6.24. The van der Waals surface area contributed by atoms with Crippen LogP contribution < -0.4 is 0 Å². The normalized spacial score (nSPS) is 11.7. The molecule has 0 N–H and O–H groups in total. The molecular weight excluding hydrogens is 618 g/mol. The Hall–Kier alpha value is -5.52. The van der Waals surface area contributed by atoms with Gasteiger partial charge in [-0.2, -0.15) is 0 Å². The predicted molar refractivity (Wildman–Crippen MR) is 188 cm³/mol. The number of benzene rings is 6. The van der Waals surface area contributed by atoms with Gasteiger partial charge in [0.1, 0.15) is 11.2 Å². The number of aromatic nitrogens is 3. The molecule has 3 aromatic heterocycles. The second-order valence-electron chi connectivity index (χ2n) is 11.2. The zero-order chi connectivity index (χ0) is 29.9. The SMILES string of the molecule is Brc1cc(-c2cc(-c3cccc4oc5ccccc5c34)nc(-c3ccccc3)n2)cc(-n2c3ccccc3c3ccccc32)c1. The highest BCUT2D eigenvalue weighted by Crippen LogP contribution is 2.39. The van der Waals surface area contributed by atoms with Crippen LogP contribution in [0.1, 0.15) is 0 Å². The highest BCUT2D eigenvalue weighted by atomic mass is 79.9. The van der Waals surface area contributed by atoms with Crippen molar-refractivity contribution in [2.45, 2.75) is 0 Å². The third-order valence-corrected chi connectivity index (χ3v) is 8.91. The summed E-state index contributed by atoms with van der Waals surface area (Å²) in [6.07, 6.45) is 0. The molecule has 0 saturated carbocycles. The van der Waals surface area contributed by atoms with E-state index in [9.17, 15) is 0 Å². The van der Waals surface area contributed by atoms with Crippen LogP contribution in [0.4, 0.5) is 0 Å². The van der Waals surface area contributed by atoms with Crippen molar-refractivity contribution in [2.75, 3.05) is 0 Å². The summed E-state index contributed by atoms with van der Waals surface area (Å²) in [7, 11) is 0. The van der Waals surface area contributed by atoms with Gasteiger partial charge < -0.3 is 8.98 Å². The molecule has 0 amide bonds. The van der Waals surface area contributed by atoms with Crippen molar-refractivity contribution in [2.24, 2.45) is 0 Å². The van der Waals surface area contributed by atoms with Crippen molar-refractivity contribution < 1.29 is 4.42 Å². The lowest BCUT2D eigenvalue weighted by atomic mass is 10.0. The first-order valence-corrected chi connectivity index (χ1v) is 15.7. The van der Waals surface area contributed by atoms with Crippen LogP contribution in [0.2, 0.25) is 0 Å². The fourth-order valence-corrected chi connectivity index (χ4v) is 6.97. The fourth-order valence-electron chi connectivity index (χ4n) is 6.49. The number of furan rings is 1. The van der Waals surface area contributed by atoms with Crippen LogP contribution in [-0.2, 0) is 0 Å². The third-order valence-electron chi connectivity index (χ3n) is 8.45. The van der Waals surface area contributed by atoms with Gasteiger partial charge in [0.2, 0.25) is 0 Å². The second kappa shape index (κ2) is 10.3. The molecule has 9 aromatic rings. The van der Waals surface area contributed by atoms with Crippen LogP contribution in [0.25, 0.3) is 83.3 Å². The molecule has 0 aliphatic carbocycles. The topological polar surface area (TPSA) is 43.9 Å². The van der Waals surface area contributed by atoms with Gasteiger partial charge in [0.05, 0.1) is 22.4 Å². The van der Waals surface area contributed by atoms with Gasteiger partial charge in [0.15, 0.2) is 5.82 Å². The Morgan fingerprint density at radius 1 is 0.511 bits per heavy atom. The number of rotatable bonds is 4. The average molecular weight is 643 g/mol. The zero-order valence-electron chi connectivity index (χ0n) is 24.0. The van der Waals surface area contributed by atoms with Crippen LogP contribution in [0, 0.1) is 0 Å². The van der Waals surface area contributed by atoms with E-state index in [2.05, 4.69) is 118 Å². The van der Waals surface area contributed by atoms with Crippen LogP contribution in [0.3, 0.4) is 0 Å². The third kappa shape index (κ3) is 4.27. The molecule has 0 fully saturated rings. The molecule has 45 heavy (non-hydrogen) atoms. The van der Waals surface area contributed by atoms with Crippen molar-refractivity contribution in [3.63, 3.8) is 0 Å². The van der Waals surface area contributed by atoms with Crippen molar-refractivity contribution in [1.29, 1.82) is 0 Å². The summed E-state index contributed by atoms with van der Waals surface area (Å²) < 4.78 is 9.54. The van der Waals surface area contributed by atoms with E-state index in [1.807, 2.05) is 48.5 Å². The molecule has 0 spiro atoms. The van der Waals surface area contributed by atoms with Gasteiger partial charge in [0, 0.05) is 48.4 Å². The highest BCUT2D eigenvalue weighted by molar-refractivity contribution is 9.10. The molecule has 0 atom stereocenters. The van der Waals surface area contributed by atoms with Crippen molar-refractivity contribution in [3.05, 3.63) is 150 Å². The largest absolute Gasteiger partial charge is 0.456 e. The monoisotopic (exact) mass is 641 g/mol. The average Bonchev–Trinajstić information content (AvgIpc) is 3.64. The second-order valence-corrected chi connectivity index (χ2v) is 12.1. The number of fused-ring (bicyclic) bond motifs is 6. The standard InChI is InChI=1S/C40H24BrN3O/c41-27-21-26(22-28(23-27)44-35-17-7-4-13-29(35)30-14-5-8-18-36(30)44)33-24-34(43-40(42-33)25-11-2-1-3-12-25)31-16-10-20-38-39(31)32-15-6-9-19-37(32)45-38/h1-24H. The van der Waals surface area contributed by atoms with Crippen LogP contribution in [0.15, 0.2) is 154 Å². The summed E-state index contributed by atoms with van der Waals surface area (Å²) in [4.78, 5) is 10.3. The maximum Gasteiger partial charge on any atom is 0.160 e. The lowest BCUT2D eigenvalue weighted by Gasteiger charge is -2.13. The van der Waals surface area contributed by atoms with Crippen LogP contribution >= 0.6 is 15.9 Å². The molecule has 212 valence electrons. The van der Waals surface area contributed by atoms with E-state index in [0.29, 0.717) is 5.82 Å². The van der Waals surface area contributed by atoms with E-state index in [1.54, 1.807) is 0 Å². The van der Waals surface area contributed by atoms with Gasteiger partial charge in [-0.05, 0) is 48.5 Å². The quantitative estimate of drug-likeness (QED) is 0.192. The molecule has 9 rings (SSSR count). The van der Waals surface area contributed by atoms with E-state index < -0.39 is 0 Å². The fraction of sp³-hybridized carbons (Fsp3) is 0. The predicted octanol–water partition coefficient (Wildman–Crippen LogP) is 11.2. The van der Waals surface area contributed by atoms with Gasteiger partial charge in [-0.3, -0.25) is 0 Å². The Morgan fingerprint density at radius 3 is 1.93 bits per heavy atom. The van der Waals surface area contributed by atoms with Crippen molar-refractivity contribution >= 4 is 59.7 Å². The van der Waals surface area contributed by atoms with E-state index in [-0.39, 0.29) is 0 Å². The molecule has 0 aliphatic heterocycles. The summed E-state index contributed by atoms with van der Waals surface area (Å²) in [5.41, 5.74) is 9.72. The first-order chi connectivity index (χ1) is 22.2. The molecule has 4 nitrogen and oxygen atoms in total. The lowest BCUT2D eigenvalue weighted by Crippen LogP contribution is -1.98. The molecule has 0 bridgehead atoms. The number of para-hydroxylation sites is 3. The summed E-state index contributed by atoms with van der Waals surface area (Å²) in [6, 6.07) is 50.3. The molecule has 0 unspecified atom stereocenters. The zero-order valence-corrected chi connectivity index (χ0v) is 25.6. The molecular formula is C40H24BrN3O. The molecule has 0 saturated heterocycles. The minimum Gasteiger partial charge on any atom is -0.456 e. The van der Waals surface area contributed by atoms with E-state index in [1.165, 1.54) is 10.8 Å². The summed E-state index contributed by atoms with van der Waals surface area (Å²) >= 11 is 3.84. The molecule has 0 radical (unpaired) electrons. The van der Waals surface area contributed by atoms with Gasteiger partial charge in [-0.1, -0.05) is 113 Å². The number of halogens is 1. The highest BCUT2D eigenvalue weighted by Gasteiger charge is 2.18. The van der Waals surface area contributed by atoms with E-state index in [4.69, 9.17) is 14.4 Å². The van der Waals surface area contributed by atoms with Gasteiger partial charge in [-0.15, -0.1) is 0 Å². The van der Waals surface area contributed by atoms with E-state index >= 15 is 0 Å². The van der Waals surface area contributed by atoms with E-state index in [0.717, 1.165) is 71.2 Å². The van der Waals surface area contributed by atoms with Crippen molar-refractivity contribution in [1.82, 2.24) is 14.5 Å². The smallest absolute Gasteiger partial charge is 0.160 e. The van der Waals surface area contributed by atoms with Gasteiger partial charge in [0.25, 0.3) is 0 Å². The lowest BCUT2D eigenvalue weighted by molar-refractivity contribution is 0.669. The number of nitrogens with zero attached hydrogens (tertiary/aromatic N) is 3. The summed E-state index contributed by atoms with van der Waals surface area (Å²) in [5, 5.41) is 4.58.